The lowest BCUT2D eigenvalue weighted by molar-refractivity contribution is 1.28. The van der Waals surface area contributed by atoms with Crippen LogP contribution in [0, 0.1) is 6.92 Å². The van der Waals surface area contributed by atoms with Gasteiger partial charge in [-0.3, -0.25) is 0 Å². The maximum Gasteiger partial charge on any atom is -0.0161 e. The molecule has 0 radical (unpaired) electrons. The highest BCUT2D eigenvalue weighted by Crippen LogP contribution is 2.17. The van der Waals surface area contributed by atoms with Gasteiger partial charge < -0.3 is 0 Å². The van der Waals surface area contributed by atoms with Crippen LogP contribution < -0.4 is 0 Å². The summed E-state index contributed by atoms with van der Waals surface area (Å²) in [6, 6.07) is 17.3. The zero-order valence-electron chi connectivity index (χ0n) is 14.6. The Bertz CT molecular complexity index is 704. The molecule has 23 heavy (non-hydrogen) atoms. The van der Waals surface area contributed by atoms with Gasteiger partial charge in [0.25, 0.3) is 0 Å². The summed E-state index contributed by atoms with van der Waals surface area (Å²) in [5, 5.41) is 0. The molecule has 0 spiro atoms. The van der Waals surface area contributed by atoms with Crippen molar-refractivity contribution in [3.8, 4) is 0 Å². The van der Waals surface area contributed by atoms with Gasteiger partial charge in [-0.1, -0.05) is 84.0 Å². The molecule has 0 aliphatic carbocycles. The first-order chi connectivity index (χ1) is 11.0. The minimum absolute atomic E-state index is 1.00. The third-order valence-electron chi connectivity index (χ3n) is 3.86. The van der Waals surface area contributed by atoms with Crippen LogP contribution in [0.3, 0.4) is 0 Å². The highest BCUT2D eigenvalue weighted by atomic mass is 14.0. The van der Waals surface area contributed by atoms with E-state index in [4.69, 9.17) is 0 Å². The fraction of sp³-hybridized carbons (Fsp3) is 0.217. The Hall–Kier alpha value is -2.34. The molecule has 2 aromatic carbocycles. The van der Waals surface area contributed by atoms with Gasteiger partial charge in [-0.2, -0.15) is 0 Å². The van der Waals surface area contributed by atoms with Crippen LogP contribution >= 0.6 is 0 Å². The van der Waals surface area contributed by atoms with E-state index in [-0.39, 0.29) is 0 Å². The highest BCUT2D eigenvalue weighted by Gasteiger charge is 1.95. The molecule has 0 heteroatoms. The van der Waals surface area contributed by atoms with Gasteiger partial charge in [0.05, 0.1) is 0 Å². The largest absolute Gasteiger partial charge is 0.0821 e. The molecule has 0 bridgehead atoms. The molecule has 0 atom stereocenters. The molecule has 0 unspecified atom stereocenters. The highest BCUT2D eigenvalue weighted by molar-refractivity contribution is 5.71. The summed E-state index contributed by atoms with van der Waals surface area (Å²) in [6.45, 7) is 8.56. The first-order valence-corrected chi connectivity index (χ1v) is 8.20. The number of rotatable bonds is 5. The van der Waals surface area contributed by atoms with E-state index in [1.165, 1.54) is 33.4 Å². The summed E-state index contributed by atoms with van der Waals surface area (Å²) in [4.78, 5) is 0. The van der Waals surface area contributed by atoms with Crippen molar-refractivity contribution in [3.05, 3.63) is 88.5 Å². The normalized spacial score (nSPS) is 11.7. The summed E-state index contributed by atoms with van der Waals surface area (Å²) in [6.07, 6.45) is 9.86. The minimum atomic E-state index is 1.00. The van der Waals surface area contributed by atoms with E-state index in [1.54, 1.807) is 0 Å². The Morgan fingerprint density at radius 3 is 1.78 bits per heavy atom. The first kappa shape index (κ1) is 17.0. The molecule has 0 N–H and O–H groups in total. The van der Waals surface area contributed by atoms with E-state index < -0.39 is 0 Å². The predicted octanol–water partition coefficient (Wildman–Crippen LogP) is 6.93. The number of allylic oxidation sites excluding steroid dienone is 4. The second-order valence-corrected chi connectivity index (χ2v) is 6.27. The van der Waals surface area contributed by atoms with Crippen LogP contribution in [-0.4, -0.2) is 0 Å². The molecular weight excluding hydrogens is 276 g/mol. The molecule has 2 aromatic rings. The monoisotopic (exact) mass is 302 g/mol. The third kappa shape index (κ3) is 5.75. The van der Waals surface area contributed by atoms with Crippen molar-refractivity contribution in [3.63, 3.8) is 0 Å². The Balaban J connectivity index is 2.04. The fourth-order valence-corrected chi connectivity index (χ4v) is 2.32. The third-order valence-corrected chi connectivity index (χ3v) is 3.86. The molecular formula is C23H26. The Kier molecular flexibility index (Phi) is 6.17. The van der Waals surface area contributed by atoms with Crippen molar-refractivity contribution in [2.45, 2.75) is 34.1 Å². The lowest BCUT2D eigenvalue weighted by Crippen LogP contribution is -1.81. The summed E-state index contributed by atoms with van der Waals surface area (Å²) < 4.78 is 0. The van der Waals surface area contributed by atoms with Crippen molar-refractivity contribution in [2.24, 2.45) is 0 Å². The predicted molar refractivity (Wildman–Crippen MR) is 104 cm³/mol. The Morgan fingerprint density at radius 2 is 1.26 bits per heavy atom. The van der Waals surface area contributed by atoms with Gasteiger partial charge in [0.2, 0.25) is 0 Å². The van der Waals surface area contributed by atoms with Crippen LogP contribution in [-0.2, 0) is 0 Å². The van der Waals surface area contributed by atoms with Gasteiger partial charge in [0, 0.05) is 0 Å². The number of hydrogen-bond acceptors (Lipinski definition) is 0. The van der Waals surface area contributed by atoms with Crippen molar-refractivity contribution in [1.82, 2.24) is 0 Å². The molecule has 0 aliphatic rings. The average molecular weight is 302 g/mol. The van der Waals surface area contributed by atoms with E-state index in [1.807, 2.05) is 0 Å². The standard InChI is InChI=1S/C23H26/c1-18(2)6-5-7-20(4)23-16-14-22(15-17-23)13-12-21-10-8-19(3)9-11-21/h6-17H,5H2,1-4H3/b13-12?,20-7+. The van der Waals surface area contributed by atoms with Crippen LogP contribution in [0.4, 0.5) is 0 Å². The maximum atomic E-state index is 2.28. The zero-order valence-corrected chi connectivity index (χ0v) is 14.6. The molecule has 0 aromatic heterocycles. The van der Waals surface area contributed by atoms with Crippen LogP contribution in [0.15, 0.2) is 66.3 Å². The van der Waals surface area contributed by atoms with E-state index >= 15 is 0 Å². The van der Waals surface area contributed by atoms with Gasteiger partial charge >= 0.3 is 0 Å². The quantitative estimate of drug-likeness (QED) is 0.415. The van der Waals surface area contributed by atoms with Crippen LogP contribution in [0.1, 0.15) is 49.4 Å². The maximum absolute atomic E-state index is 2.28. The van der Waals surface area contributed by atoms with E-state index in [0.717, 1.165) is 6.42 Å². The SMILES string of the molecule is CC(C)=CC/C=C(\C)c1ccc(C=Cc2ccc(C)cc2)cc1. The summed E-state index contributed by atoms with van der Waals surface area (Å²) in [5.41, 5.74) is 7.74. The van der Waals surface area contributed by atoms with Crippen molar-refractivity contribution in [2.75, 3.05) is 0 Å². The van der Waals surface area contributed by atoms with Crippen molar-refractivity contribution in [1.29, 1.82) is 0 Å². The van der Waals surface area contributed by atoms with Gasteiger partial charge in [-0.05, 0) is 56.4 Å². The number of aryl methyl sites for hydroxylation is 1. The molecule has 118 valence electrons. The second kappa shape index (κ2) is 8.33. The minimum Gasteiger partial charge on any atom is -0.0821 e. The second-order valence-electron chi connectivity index (χ2n) is 6.27. The van der Waals surface area contributed by atoms with Crippen molar-refractivity contribution < 1.29 is 0 Å². The topological polar surface area (TPSA) is 0 Å². The van der Waals surface area contributed by atoms with E-state index in [0.29, 0.717) is 0 Å². The number of benzene rings is 2. The first-order valence-electron chi connectivity index (χ1n) is 8.20. The molecule has 0 fully saturated rings. The molecule has 0 amide bonds. The van der Waals surface area contributed by atoms with Gasteiger partial charge in [-0.15, -0.1) is 0 Å². The Labute approximate surface area is 140 Å². The van der Waals surface area contributed by atoms with E-state index in [9.17, 15) is 0 Å². The smallest absolute Gasteiger partial charge is 0.0161 e. The van der Waals surface area contributed by atoms with Gasteiger partial charge in [0.1, 0.15) is 0 Å². The fourth-order valence-electron chi connectivity index (χ4n) is 2.32. The lowest BCUT2D eigenvalue weighted by atomic mass is 10.0. The van der Waals surface area contributed by atoms with Gasteiger partial charge in [0.15, 0.2) is 0 Å². The summed E-state index contributed by atoms with van der Waals surface area (Å²) in [5.74, 6) is 0. The molecule has 0 heterocycles. The lowest BCUT2D eigenvalue weighted by Gasteiger charge is -2.02. The average Bonchev–Trinajstić information content (AvgIpc) is 2.54. The van der Waals surface area contributed by atoms with Crippen LogP contribution in [0.25, 0.3) is 17.7 Å². The molecule has 0 aliphatic heterocycles. The molecule has 0 nitrogen and oxygen atoms in total. The zero-order chi connectivity index (χ0) is 16.7. The van der Waals surface area contributed by atoms with Crippen LogP contribution in [0.2, 0.25) is 0 Å². The summed E-state index contributed by atoms with van der Waals surface area (Å²) in [7, 11) is 0. The van der Waals surface area contributed by atoms with Crippen LogP contribution in [0.5, 0.6) is 0 Å². The molecule has 2 rings (SSSR count). The van der Waals surface area contributed by atoms with Gasteiger partial charge in [-0.25, -0.2) is 0 Å². The van der Waals surface area contributed by atoms with E-state index in [2.05, 4.69) is 101 Å². The Morgan fingerprint density at radius 1 is 0.739 bits per heavy atom. The number of hydrogen-bond donors (Lipinski definition) is 0. The summed E-state index contributed by atoms with van der Waals surface area (Å²) >= 11 is 0. The molecule has 0 saturated heterocycles. The molecule has 0 saturated carbocycles. The van der Waals surface area contributed by atoms with Crippen molar-refractivity contribution >= 4 is 17.7 Å².